The maximum Gasteiger partial charge on any atom is 0.317 e. The van der Waals surface area contributed by atoms with Crippen molar-refractivity contribution in [3.05, 3.63) is 59.9 Å². The van der Waals surface area contributed by atoms with Gasteiger partial charge in [0.15, 0.2) is 0 Å². The number of urea groups is 1. The Hall–Kier alpha value is -2.60. The average molecular weight is 343 g/mol. The van der Waals surface area contributed by atoms with Crippen LogP contribution in [-0.2, 0) is 6.42 Å². The fourth-order valence-electron chi connectivity index (χ4n) is 2.52. The number of carbonyl (C=O) groups excluding carboxylic acids is 1. The number of phenols is 1. The van der Waals surface area contributed by atoms with E-state index in [4.69, 9.17) is 0 Å². The number of aliphatic hydroxyl groups is 1. The van der Waals surface area contributed by atoms with Gasteiger partial charge in [-0.05, 0) is 49.6 Å². The Labute approximate surface area is 148 Å². The molecule has 1 aromatic carbocycles. The van der Waals surface area contributed by atoms with Crippen molar-refractivity contribution in [2.75, 3.05) is 19.6 Å². The summed E-state index contributed by atoms with van der Waals surface area (Å²) in [5.41, 5.74) is 1.59. The zero-order valence-corrected chi connectivity index (χ0v) is 14.4. The summed E-state index contributed by atoms with van der Waals surface area (Å²) < 4.78 is 0. The monoisotopic (exact) mass is 343 g/mol. The molecular weight excluding hydrogens is 318 g/mol. The number of pyridine rings is 1. The number of benzene rings is 1. The van der Waals surface area contributed by atoms with Gasteiger partial charge in [-0.25, -0.2) is 4.79 Å². The minimum atomic E-state index is -0.841. The molecule has 1 aromatic heterocycles. The van der Waals surface area contributed by atoms with Gasteiger partial charge >= 0.3 is 6.03 Å². The number of hydrogen-bond donors (Lipinski definition) is 3. The largest absolute Gasteiger partial charge is 0.508 e. The summed E-state index contributed by atoms with van der Waals surface area (Å²) >= 11 is 0. The van der Waals surface area contributed by atoms with E-state index in [-0.39, 0.29) is 18.3 Å². The number of aliphatic hydroxyl groups excluding tert-OH is 1. The lowest BCUT2D eigenvalue weighted by Crippen LogP contribution is -2.42. The second-order valence-corrected chi connectivity index (χ2v) is 5.81. The number of aryl methyl sites for hydroxylation is 1. The van der Waals surface area contributed by atoms with Crippen LogP contribution in [0.3, 0.4) is 0 Å². The number of likely N-dealkylation sites (N-methyl/N-ethyl adjacent to an activating group) is 1. The molecule has 2 amide bonds. The topological polar surface area (TPSA) is 85.7 Å². The quantitative estimate of drug-likeness (QED) is 0.643. The summed E-state index contributed by atoms with van der Waals surface area (Å²) in [6.07, 6.45) is 2.52. The van der Waals surface area contributed by atoms with Crippen molar-refractivity contribution < 1.29 is 15.0 Å². The second kappa shape index (κ2) is 9.64. The van der Waals surface area contributed by atoms with Crippen LogP contribution in [0, 0.1) is 0 Å². The van der Waals surface area contributed by atoms with Crippen LogP contribution in [0.1, 0.15) is 30.7 Å². The summed E-state index contributed by atoms with van der Waals surface area (Å²) in [5, 5.41) is 22.6. The maximum absolute atomic E-state index is 12.3. The van der Waals surface area contributed by atoms with Crippen LogP contribution in [0.15, 0.2) is 48.7 Å². The molecule has 0 aliphatic carbocycles. The van der Waals surface area contributed by atoms with Crippen LogP contribution in [-0.4, -0.2) is 45.8 Å². The highest BCUT2D eigenvalue weighted by molar-refractivity contribution is 5.74. The number of rotatable bonds is 8. The van der Waals surface area contributed by atoms with E-state index in [1.807, 2.05) is 25.1 Å². The number of phenolic OH excluding ortho intramolecular Hbond substituents is 1. The lowest BCUT2D eigenvalue weighted by molar-refractivity contribution is 0.123. The number of hydrogen-bond acceptors (Lipinski definition) is 4. The molecule has 0 unspecified atom stereocenters. The molecule has 0 radical (unpaired) electrons. The molecule has 1 heterocycles. The van der Waals surface area contributed by atoms with Crippen LogP contribution in [0.4, 0.5) is 4.79 Å². The van der Waals surface area contributed by atoms with Crippen molar-refractivity contribution >= 4 is 6.03 Å². The minimum Gasteiger partial charge on any atom is -0.508 e. The van der Waals surface area contributed by atoms with Crippen molar-refractivity contribution in [3.63, 3.8) is 0 Å². The Morgan fingerprint density at radius 1 is 1.28 bits per heavy atom. The van der Waals surface area contributed by atoms with Gasteiger partial charge in [0, 0.05) is 25.0 Å². The Bertz CT molecular complexity index is 664. The predicted octanol–water partition coefficient (Wildman–Crippen LogP) is 2.48. The molecule has 1 atom stereocenters. The summed E-state index contributed by atoms with van der Waals surface area (Å²) in [5.74, 6) is 0.0959. The van der Waals surface area contributed by atoms with Crippen molar-refractivity contribution in [3.8, 4) is 5.75 Å². The average Bonchev–Trinajstić information content (AvgIpc) is 2.63. The highest BCUT2D eigenvalue weighted by atomic mass is 16.3. The van der Waals surface area contributed by atoms with Crippen molar-refractivity contribution in [2.24, 2.45) is 0 Å². The lowest BCUT2D eigenvalue weighted by Gasteiger charge is -2.24. The molecule has 0 saturated carbocycles. The molecule has 3 N–H and O–H groups in total. The Balaban J connectivity index is 1.78. The van der Waals surface area contributed by atoms with E-state index in [2.05, 4.69) is 10.3 Å². The first kappa shape index (κ1) is 18.7. The van der Waals surface area contributed by atoms with Crippen molar-refractivity contribution in [1.82, 2.24) is 15.2 Å². The Morgan fingerprint density at radius 2 is 2.12 bits per heavy atom. The first-order valence-corrected chi connectivity index (χ1v) is 8.49. The lowest BCUT2D eigenvalue weighted by atomic mass is 10.1. The Morgan fingerprint density at radius 3 is 2.80 bits per heavy atom. The van der Waals surface area contributed by atoms with Gasteiger partial charge in [0.1, 0.15) is 5.75 Å². The summed E-state index contributed by atoms with van der Waals surface area (Å²) in [6.45, 7) is 3.07. The molecule has 0 spiro atoms. The van der Waals surface area contributed by atoms with Gasteiger partial charge in [-0.15, -0.1) is 0 Å². The molecule has 0 fully saturated rings. The van der Waals surface area contributed by atoms with Gasteiger partial charge in [0.05, 0.1) is 12.6 Å². The molecule has 0 bridgehead atoms. The molecule has 2 aromatic rings. The number of aromatic nitrogens is 1. The highest BCUT2D eigenvalue weighted by Crippen LogP contribution is 2.19. The second-order valence-electron chi connectivity index (χ2n) is 5.81. The summed E-state index contributed by atoms with van der Waals surface area (Å²) in [6, 6.07) is 12.0. The van der Waals surface area contributed by atoms with E-state index < -0.39 is 6.10 Å². The molecular formula is C19H25N3O3. The van der Waals surface area contributed by atoms with Gasteiger partial charge in [0.2, 0.25) is 0 Å². The van der Waals surface area contributed by atoms with Gasteiger partial charge < -0.3 is 20.4 Å². The molecule has 0 aliphatic heterocycles. The zero-order chi connectivity index (χ0) is 18.1. The first-order chi connectivity index (χ1) is 12.1. The molecule has 0 saturated heterocycles. The maximum atomic E-state index is 12.3. The predicted molar refractivity (Wildman–Crippen MR) is 96.3 cm³/mol. The third-order valence-corrected chi connectivity index (χ3v) is 3.93. The van der Waals surface area contributed by atoms with E-state index in [1.165, 1.54) is 6.07 Å². The number of nitrogens with zero attached hydrogens (tertiary/aromatic N) is 2. The first-order valence-electron chi connectivity index (χ1n) is 8.49. The molecule has 0 aliphatic rings. The number of aromatic hydroxyl groups is 1. The van der Waals surface area contributed by atoms with E-state index in [9.17, 15) is 15.0 Å². The molecule has 25 heavy (non-hydrogen) atoms. The van der Waals surface area contributed by atoms with Gasteiger partial charge in [-0.1, -0.05) is 18.2 Å². The smallest absolute Gasteiger partial charge is 0.317 e. The highest BCUT2D eigenvalue weighted by Gasteiger charge is 2.17. The van der Waals surface area contributed by atoms with Crippen LogP contribution in [0.5, 0.6) is 5.75 Å². The molecule has 134 valence electrons. The van der Waals surface area contributed by atoms with Crippen molar-refractivity contribution in [1.29, 1.82) is 0 Å². The fourth-order valence-corrected chi connectivity index (χ4v) is 2.52. The normalized spacial score (nSPS) is 11.8. The summed E-state index contributed by atoms with van der Waals surface area (Å²) in [4.78, 5) is 18.1. The van der Waals surface area contributed by atoms with Crippen LogP contribution in [0.2, 0.25) is 0 Å². The van der Waals surface area contributed by atoms with E-state index in [0.29, 0.717) is 18.7 Å². The fraction of sp³-hybridized carbons (Fsp3) is 0.368. The minimum absolute atomic E-state index is 0.0959. The van der Waals surface area contributed by atoms with Crippen molar-refractivity contribution in [2.45, 2.75) is 25.9 Å². The molecule has 6 nitrogen and oxygen atoms in total. The van der Waals surface area contributed by atoms with Crippen LogP contribution in [0.25, 0.3) is 0 Å². The number of nitrogens with one attached hydrogen (secondary N) is 1. The molecule has 2 rings (SSSR count). The number of amides is 2. The van der Waals surface area contributed by atoms with E-state index in [1.54, 1.807) is 29.3 Å². The van der Waals surface area contributed by atoms with E-state index in [0.717, 1.165) is 18.5 Å². The van der Waals surface area contributed by atoms with Crippen LogP contribution >= 0.6 is 0 Å². The SMILES string of the molecule is CCN(C[C@H](O)c1cccc(O)c1)C(=O)NCCCc1ccccn1. The zero-order valence-electron chi connectivity index (χ0n) is 14.4. The summed E-state index contributed by atoms with van der Waals surface area (Å²) in [7, 11) is 0. The van der Waals surface area contributed by atoms with Crippen LogP contribution < -0.4 is 5.32 Å². The van der Waals surface area contributed by atoms with Gasteiger partial charge in [-0.2, -0.15) is 0 Å². The Kier molecular flexibility index (Phi) is 7.22. The third kappa shape index (κ3) is 6.08. The van der Waals surface area contributed by atoms with Gasteiger partial charge in [0.25, 0.3) is 0 Å². The third-order valence-electron chi connectivity index (χ3n) is 3.93. The molecule has 6 heteroatoms. The van der Waals surface area contributed by atoms with Gasteiger partial charge in [-0.3, -0.25) is 4.98 Å². The number of carbonyl (C=O) groups is 1. The van der Waals surface area contributed by atoms with E-state index >= 15 is 0 Å². The standard InChI is InChI=1S/C19H25N3O3/c1-2-22(14-18(24)15-7-5-10-17(23)13-15)19(25)21-12-6-9-16-8-3-4-11-20-16/h3-5,7-8,10-11,13,18,23-24H,2,6,9,12,14H2,1H3,(H,21,25)/t18-/m0/s1.